The smallest absolute Gasteiger partial charge is 0.408 e. The predicted octanol–water partition coefficient (Wildman–Crippen LogP) is 6.31. The summed E-state index contributed by atoms with van der Waals surface area (Å²) < 4.78 is 11.8. The van der Waals surface area contributed by atoms with Crippen molar-refractivity contribution in [3.05, 3.63) is 94.3 Å². The number of likely N-dealkylation sites (tertiary alicyclic amines) is 1. The second-order valence-corrected chi connectivity index (χ2v) is 13.7. The normalized spacial score (nSPS) is 16.1. The van der Waals surface area contributed by atoms with Crippen molar-refractivity contribution in [1.82, 2.24) is 40.3 Å². The van der Waals surface area contributed by atoms with E-state index in [9.17, 15) is 9.59 Å². The Morgan fingerprint density at radius 2 is 1.79 bits per heavy atom. The molecule has 6 rings (SSSR count). The van der Waals surface area contributed by atoms with Crippen molar-refractivity contribution in [2.24, 2.45) is 0 Å². The number of aromatic nitrogens is 6. The van der Waals surface area contributed by atoms with Gasteiger partial charge in [0, 0.05) is 47.6 Å². The van der Waals surface area contributed by atoms with E-state index in [-0.39, 0.29) is 23.7 Å². The Morgan fingerprint density at radius 1 is 1.04 bits per heavy atom. The zero-order valence-corrected chi connectivity index (χ0v) is 27.7. The van der Waals surface area contributed by atoms with Gasteiger partial charge in [-0.05, 0) is 65.2 Å². The molecule has 47 heavy (non-hydrogen) atoms. The van der Waals surface area contributed by atoms with Crippen molar-refractivity contribution < 1.29 is 18.7 Å². The average molecular weight is 653 g/mol. The molecule has 1 aromatic carbocycles. The molecular formula is C34H36N8O4S. The fourth-order valence-electron chi connectivity index (χ4n) is 5.56. The number of thiazole rings is 1. The van der Waals surface area contributed by atoms with Gasteiger partial charge in [-0.1, -0.05) is 30.3 Å². The minimum atomic E-state index is -1.13. The highest BCUT2D eigenvalue weighted by Gasteiger charge is 2.37. The van der Waals surface area contributed by atoms with Gasteiger partial charge in [-0.3, -0.25) is 4.79 Å². The van der Waals surface area contributed by atoms with E-state index in [0.29, 0.717) is 35.5 Å². The van der Waals surface area contributed by atoms with Crippen LogP contribution < -0.4 is 5.32 Å². The summed E-state index contributed by atoms with van der Waals surface area (Å²) in [5.41, 5.74) is 1.85. The molecule has 1 saturated heterocycles. The Hall–Kier alpha value is -5.04. The summed E-state index contributed by atoms with van der Waals surface area (Å²) in [6.45, 7) is 9.76. The molecule has 242 valence electrons. The molecule has 1 N–H and O–H groups in total. The molecule has 1 fully saturated rings. The number of nitrogens with one attached hydrogen (secondary N) is 1. The lowest BCUT2D eigenvalue weighted by Crippen LogP contribution is -2.47. The third-order valence-corrected chi connectivity index (χ3v) is 8.72. The number of alkyl carbamates (subject to hydrolysis) is 1. The summed E-state index contributed by atoms with van der Waals surface area (Å²) in [5, 5.41) is 14.6. The third kappa shape index (κ3) is 7.35. The van der Waals surface area contributed by atoms with Crippen LogP contribution in [-0.2, 0) is 16.7 Å². The van der Waals surface area contributed by atoms with Crippen molar-refractivity contribution in [1.29, 1.82) is 0 Å². The number of aryl methyl sites for hydroxylation is 1. The molecule has 13 heteroatoms. The molecule has 0 bridgehead atoms. The van der Waals surface area contributed by atoms with Crippen LogP contribution in [0, 0.1) is 6.92 Å². The first-order valence-corrected chi connectivity index (χ1v) is 16.3. The second kappa shape index (κ2) is 13.0. The highest BCUT2D eigenvalue weighted by Crippen LogP contribution is 2.36. The van der Waals surface area contributed by atoms with E-state index in [2.05, 4.69) is 30.5 Å². The number of rotatable bonds is 8. The van der Waals surface area contributed by atoms with E-state index < -0.39 is 17.2 Å². The van der Waals surface area contributed by atoms with Crippen molar-refractivity contribution in [3.8, 4) is 22.8 Å². The monoisotopic (exact) mass is 652 g/mol. The molecule has 1 aliphatic heterocycles. The fraction of sp³-hybridized carbons (Fsp3) is 0.353. The lowest BCUT2D eigenvalue weighted by molar-refractivity contribution is 0.0443. The summed E-state index contributed by atoms with van der Waals surface area (Å²) in [5.74, 6) is 0.0953. The maximum atomic E-state index is 14.1. The minimum Gasteiger partial charge on any atom is -0.444 e. The van der Waals surface area contributed by atoms with Crippen molar-refractivity contribution in [2.75, 3.05) is 6.54 Å². The van der Waals surface area contributed by atoms with Gasteiger partial charge in [-0.15, -0.1) is 21.5 Å². The quantitative estimate of drug-likeness (QED) is 0.202. The van der Waals surface area contributed by atoms with Crippen LogP contribution in [0.5, 0.6) is 0 Å². The Kier molecular flexibility index (Phi) is 8.82. The van der Waals surface area contributed by atoms with E-state index in [1.165, 1.54) is 6.33 Å². The molecule has 0 radical (unpaired) electrons. The summed E-state index contributed by atoms with van der Waals surface area (Å²) in [7, 11) is 0. The molecular weight excluding hydrogens is 616 g/mol. The van der Waals surface area contributed by atoms with Crippen LogP contribution in [0.25, 0.3) is 22.8 Å². The highest BCUT2D eigenvalue weighted by atomic mass is 32.1. The Labute approximate surface area is 276 Å². The number of amides is 2. The topological polar surface area (TPSA) is 149 Å². The summed E-state index contributed by atoms with van der Waals surface area (Å²) >= 11 is 1.57. The molecule has 0 spiro atoms. The first-order valence-electron chi connectivity index (χ1n) is 15.4. The largest absolute Gasteiger partial charge is 0.444 e. The summed E-state index contributed by atoms with van der Waals surface area (Å²) in [4.78, 5) is 46.7. The van der Waals surface area contributed by atoms with Gasteiger partial charge in [0.05, 0.1) is 11.7 Å². The van der Waals surface area contributed by atoms with Gasteiger partial charge in [-0.25, -0.2) is 24.7 Å². The lowest BCUT2D eigenvalue weighted by atomic mass is 9.92. The van der Waals surface area contributed by atoms with Gasteiger partial charge < -0.3 is 19.4 Å². The van der Waals surface area contributed by atoms with E-state index in [0.717, 1.165) is 29.1 Å². The number of nitrogens with zero attached hydrogens (tertiary/aromatic N) is 7. The standard InChI is InChI=1S/C34H36N8O4S/c1-21-19-47-29(37-21)27-12-9-13-42(27)30(43)23-14-25(24-17-35-20-36-18-24)38-26(15-23)28-40-41-31(45-28)34(5,16-22-10-7-6-8-11-22)39-32(44)46-33(2,3)4/h6-8,10-11,14-15,17-20,27H,9,12-13,16H2,1-5H3,(H,39,44)/t27-,34-/m1/s1. The first kappa shape index (κ1) is 31.9. The van der Waals surface area contributed by atoms with Gasteiger partial charge in [0.1, 0.15) is 28.2 Å². The third-order valence-electron chi connectivity index (χ3n) is 7.66. The van der Waals surface area contributed by atoms with Crippen LogP contribution in [0.1, 0.15) is 79.1 Å². The SMILES string of the molecule is Cc1csc([C@H]2CCCN2C(=O)c2cc(-c3cncnc3)nc(-c3nnc([C@@](C)(Cc4ccccc4)NC(=O)OC(C)(C)C)o3)c2)n1. The number of pyridine rings is 1. The zero-order chi connectivity index (χ0) is 33.2. The van der Waals surface area contributed by atoms with Crippen LogP contribution >= 0.6 is 11.3 Å². The Bertz CT molecular complexity index is 1870. The van der Waals surface area contributed by atoms with Gasteiger partial charge in [0.2, 0.25) is 5.89 Å². The number of benzene rings is 1. The van der Waals surface area contributed by atoms with Gasteiger partial charge in [-0.2, -0.15) is 0 Å². The van der Waals surface area contributed by atoms with Crippen molar-refractivity contribution in [2.45, 2.75) is 71.1 Å². The van der Waals surface area contributed by atoms with Gasteiger partial charge >= 0.3 is 6.09 Å². The van der Waals surface area contributed by atoms with Crippen molar-refractivity contribution >= 4 is 23.3 Å². The first-order chi connectivity index (χ1) is 22.5. The molecule has 12 nitrogen and oxygen atoms in total. The Balaban J connectivity index is 1.38. The van der Waals surface area contributed by atoms with Crippen LogP contribution in [-0.4, -0.2) is 59.2 Å². The molecule has 2 amide bonds. The van der Waals surface area contributed by atoms with Gasteiger partial charge in [0.15, 0.2) is 0 Å². The molecule has 0 unspecified atom stereocenters. The molecule has 1 aliphatic rings. The van der Waals surface area contributed by atoms with Crippen LogP contribution in [0.15, 0.2) is 71.0 Å². The number of carbonyl (C=O) groups excluding carboxylic acids is 2. The average Bonchev–Trinajstić information content (AvgIpc) is 3.82. The van der Waals surface area contributed by atoms with Crippen LogP contribution in [0.4, 0.5) is 4.79 Å². The molecule has 0 saturated carbocycles. The minimum absolute atomic E-state index is 0.0894. The van der Waals surface area contributed by atoms with E-state index in [4.69, 9.17) is 14.1 Å². The number of ether oxygens (including phenoxy) is 1. The maximum Gasteiger partial charge on any atom is 0.408 e. The number of carbonyl (C=O) groups is 2. The fourth-order valence-corrected chi connectivity index (χ4v) is 6.50. The summed E-state index contributed by atoms with van der Waals surface area (Å²) in [6, 6.07) is 13.0. The molecule has 2 atom stereocenters. The highest BCUT2D eigenvalue weighted by molar-refractivity contribution is 7.09. The second-order valence-electron chi connectivity index (χ2n) is 12.8. The van der Waals surface area contributed by atoms with Crippen LogP contribution in [0.2, 0.25) is 0 Å². The van der Waals surface area contributed by atoms with Crippen molar-refractivity contribution in [3.63, 3.8) is 0 Å². The van der Waals surface area contributed by atoms with E-state index >= 15 is 0 Å². The molecule has 5 aromatic rings. The maximum absolute atomic E-state index is 14.1. The van der Waals surface area contributed by atoms with Crippen LogP contribution in [0.3, 0.4) is 0 Å². The van der Waals surface area contributed by atoms with E-state index in [1.54, 1.807) is 63.6 Å². The summed E-state index contributed by atoms with van der Waals surface area (Å²) in [6.07, 6.45) is 6.14. The van der Waals surface area contributed by atoms with E-state index in [1.807, 2.05) is 47.5 Å². The molecule has 5 heterocycles. The molecule has 4 aromatic heterocycles. The molecule has 0 aliphatic carbocycles. The predicted molar refractivity (Wildman–Crippen MR) is 175 cm³/mol. The Morgan fingerprint density at radius 3 is 2.49 bits per heavy atom. The number of hydrogen-bond donors (Lipinski definition) is 1. The number of hydrogen-bond acceptors (Lipinski definition) is 11. The van der Waals surface area contributed by atoms with Gasteiger partial charge in [0.25, 0.3) is 11.8 Å². The zero-order valence-electron chi connectivity index (χ0n) is 26.9. The lowest BCUT2D eigenvalue weighted by Gasteiger charge is -2.29.